The van der Waals surface area contributed by atoms with Gasteiger partial charge in [0, 0.05) is 34.3 Å². The zero-order valence-corrected chi connectivity index (χ0v) is 18.1. The molecular weight excluding hydrogens is 419 g/mol. The second-order valence-corrected chi connectivity index (χ2v) is 7.75. The summed E-state index contributed by atoms with van der Waals surface area (Å²) in [4.78, 5) is 12.0. The molecule has 28 heavy (non-hydrogen) atoms. The lowest BCUT2D eigenvalue weighted by molar-refractivity contribution is 0.0525. The van der Waals surface area contributed by atoms with Crippen LogP contribution in [0.1, 0.15) is 28.4 Å². The summed E-state index contributed by atoms with van der Waals surface area (Å²) in [6.07, 6.45) is 0. The van der Waals surface area contributed by atoms with Crippen LogP contribution in [-0.4, -0.2) is 30.0 Å². The number of anilines is 1. The maximum atomic E-state index is 13.7. The molecule has 0 radical (unpaired) electrons. The molecule has 0 heterocycles. The molecule has 0 aromatic heterocycles. The highest BCUT2D eigenvalue weighted by Crippen LogP contribution is 2.23. The number of thioether (sulfide) groups is 1. The second-order valence-electron chi connectivity index (χ2n) is 5.83. The molecule has 2 N–H and O–H groups in total. The summed E-state index contributed by atoms with van der Waals surface area (Å²) >= 11 is 12.9. The lowest BCUT2D eigenvalue weighted by atomic mass is 10.1. The number of hydrogen-bond donors (Lipinski definition) is 2. The van der Waals surface area contributed by atoms with E-state index in [1.165, 1.54) is 6.07 Å². The summed E-state index contributed by atoms with van der Waals surface area (Å²) < 4.78 is 18.8. The first kappa shape index (κ1) is 22.5. The summed E-state index contributed by atoms with van der Waals surface area (Å²) in [5.74, 6) is 0.579. The number of carbonyl (C=O) groups is 1. The first-order valence-electron chi connectivity index (χ1n) is 8.76. The predicted molar refractivity (Wildman–Crippen MR) is 119 cm³/mol. The van der Waals surface area contributed by atoms with Crippen molar-refractivity contribution >= 4 is 52.3 Å². The quantitative estimate of drug-likeness (QED) is 0.335. The van der Waals surface area contributed by atoms with Crippen LogP contribution in [0.4, 0.5) is 10.1 Å². The van der Waals surface area contributed by atoms with E-state index in [2.05, 4.69) is 10.6 Å². The number of hydrogen-bond acceptors (Lipinski definition) is 4. The van der Waals surface area contributed by atoms with Crippen molar-refractivity contribution in [1.29, 1.82) is 0 Å². The van der Waals surface area contributed by atoms with Gasteiger partial charge < -0.3 is 15.4 Å². The van der Waals surface area contributed by atoms with Gasteiger partial charge in [-0.3, -0.25) is 0 Å². The van der Waals surface area contributed by atoms with Crippen LogP contribution in [0.15, 0.2) is 36.4 Å². The Morgan fingerprint density at radius 2 is 2.04 bits per heavy atom. The van der Waals surface area contributed by atoms with E-state index in [1.54, 1.807) is 43.0 Å². The fourth-order valence-electron chi connectivity index (χ4n) is 2.45. The molecule has 0 atom stereocenters. The Kier molecular flexibility index (Phi) is 9.02. The zero-order chi connectivity index (χ0) is 20.5. The van der Waals surface area contributed by atoms with E-state index in [-0.39, 0.29) is 11.8 Å². The monoisotopic (exact) mass is 440 g/mol. The van der Waals surface area contributed by atoms with E-state index in [0.717, 1.165) is 17.0 Å². The van der Waals surface area contributed by atoms with Crippen LogP contribution in [0.2, 0.25) is 5.02 Å². The number of esters is 1. The van der Waals surface area contributed by atoms with E-state index in [0.29, 0.717) is 40.2 Å². The van der Waals surface area contributed by atoms with E-state index < -0.39 is 0 Å². The number of carbonyl (C=O) groups excluding carboxylic acids is 1. The molecule has 0 bridgehead atoms. The maximum Gasteiger partial charge on any atom is 0.338 e. The standard InChI is InChI=1S/C20H22ClFN2O2S2/c1-3-26-19(25)14-6-4-9-18(13(14)2)24-20(27)23-10-11-28-12-15-16(21)7-5-8-17(15)22/h4-9H,3,10-12H2,1-2H3,(H2,23,24,27). The first-order valence-corrected chi connectivity index (χ1v) is 10.7. The van der Waals surface area contributed by atoms with Gasteiger partial charge >= 0.3 is 5.97 Å². The molecule has 150 valence electrons. The van der Waals surface area contributed by atoms with Crippen molar-refractivity contribution in [3.63, 3.8) is 0 Å². The van der Waals surface area contributed by atoms with E-state index in [1.807, 2.05) is 13.0 Å². The summed E-state index contributed by atoms with van der Waals surface area (Å²) in [6.45, 7) is 4.54. The van der Waals surface area contributed by atoms with Crippen LogP contribution in [0.3, 0.4) is 0 Å². The molecular formula is C20H22ClFN2O2S2. The maximum absolute atomic E-state index is 13.7. The van der Waals surface area contributed by atoms with Crippen LogP contribution in [-0.2, 0) is 10.5 Å². The normalized spacial score (nSPS) is 10.4. The van der Waals surface area contributed by atoms with Gasteiger partial charge in [-0.05, 0) is 55.9 Å². The fraction of sp³-hybridized carbons (Fsp3) is 0.300. The Hall–Kier alpha value is -1.83. The number of halogens is 2. The Morgan fingerprint density at radius 3 is 2.75 bits per heavy atom. The van der Waals surface area contributed by atoms with Crippen molar-refractivity contribution in [2.45, 2.75) is 19.6 Å². The highest BCUT2D eigenvalue weighted by atomic mass is 35.5. The Labute approximate surface area is 179 Å². The molecule has 0 aliphatic heterocycles. The van der Waals surface area contributed by atoms with E-state index in [4.69, 9.17) is 28.6 Å². The summed E-state index contributed by atoms with van der Waals surface area (Å²) in [5.41, 5.74) is 2.54. The lowest BCUT2D eigenvalue weighted by Crippen LogP contribution is -2.30. The van der Waals surface area contributed by atoms with Gasteiger partial charge in [0.25, 0.3) is 0 Å². The van der Waals surface area contributed by atoms with Crippen LogP contribution in [0, 0.1) is 12.7 Å². The molecule has 0 unspecified atom stereocenters. The van der Waals surface area contributed by atoms with Crippen LogP contribution in [0.25, 0.3) is 0 Å². The van der Waals surface area contributed by atoms with Crippen molar-refractivity contribution in [3.8, 4) is 0 Å². The molecule has 8 heteroatoms. The predicted octanol–water partition coefficient (Wildman–Crippen LogP) is 5.18. The number of benzene rings is 2. The third-order valence-corrected chi connectivity index (χ3v) is 5.50. The Bertz CT molecular complexity index is 829. The third kappa shape index (κ3) is 6.36. The molecule has 0 saturated heterocycles. The van der Waals surface area contributed by atoms with Crippen LogP contribution >= 0.6 is 35.6 Å². The van der Waals surface area contributed by atoms with Crippen molar-refractivity contribution in [2.24, 2.45) is 0 Å². The zero-order valence-electron chi connectivity index (χ0n) is 15.7. The average molecular weight is 441 g/mol. The van der Waals surface area contributed by atoms with Crippen LogP contribution in [0.5, 0.6) is 0 Å². The first-order chi connectivity index (χ1) is 13.4. The van der Waals surface area contributed by atoms with Gasteiger partial charge in [-0.1, -0.05) is 23.7 Å². The van der Waals surface area contributed by atoms with Gasteiger partial charge in [0.2, 0.25) is 0 Å². The average Bonchev–Trinajstić information content (AvgIpc) is 2.65. The van der Waals surface area contributed by atoms with Crippen molar-refractivity contribution in [2.75, 3.05) is 24.2 Å². The minimum absolute atomic E-state index is 0.290. The van der Waals surface area contributed by atoms with E-state index >= 15 is 0 Å². The van der Waals surface area contributed by atoms with Gasteiger partial charge in [-0.15, -0.1) is 0 Å². The smallest absolute Gasteiger partial charge is 0.338 e. The number of rotatable bonds is 8. The molecule has 2 rings (SSSR count). The second kappa shape index (κ2) is 11.2. The minimum Gasteiger partial charge on any atom is -0.462 e. The summed E-state index contributed by atoms with van der Waals surface area (Å²) in [7, 11) is 0. The molecule has 0 fully saturated rings. The topological polar surface area (TPSA) is 50.4 Å². The van der Waals surface area contributed by atoms with Gasteiger partial charge in [0.05, 0.1) is 12.2 Å². The van der Waals surface area contributed by atoms with Crippen LogP contribution < -0.4 is 10.6 Å². The fourth-order valence-corrected chi connectivity index (χ4v) is 3.86. The largest absolute Gasteiger partial charge is 0.462 e. The third-order valence-electron chi connectivity index (χ3n) is 3.92. The molecule has 2 aromatic carbocycles. The van der Waals surface area contributed by atoms with E-state index in [9.17, 15) is 9.18 Å². The molecule has 0 spiro atoms. The minimum atomic E-state index is -0.356. The Balaban J connectivity index is 1.80. The molecule has 0 amide bonds. The van der Waals surface area contributed by atoms with Gasteiger partial charge in [-0.25, -0.2) is 9.18 Å². The number of ether oxygens (including phenoxy) is 1. The summed E-state index contributed by atoms with van der Waals surface area (Å²) in [5, 5.41) is 7.09. The summed E-state index contributed by atoms with van der Waals surface area (Å²) in [6, 6.07) is 10.0. The van der Waals surface area contributed by atoms with Crippen molar-refractivity contribution < 1.29 is 13.9 Å². The Morgan fingerprint density at radius 1 is 1.29 bits per heavy atom. The molecule has 0 saturated carbocycles. The van der Waals surface area contributed by atoms with Gasteiger partial charge in [-0.2, -0.15) is 11.8 Å². The van der Waals surface area contributed by atoms with Crippen molar-refractivity contribution in [3.05, 3.63) is 63.9 Å². The molecule has 4 nitrogen and oxygen atoms in total. The molecule has 0 aliphatic rings. The molecule has 2 aromatic rings. The molecule has 0 aliphatic carbocycles. The highest BCUT2D eigenvalue weighted by Gasteiger charge is 2.13. The highest BCUT2D eigenvalue weighted by molar-refractivity contribution is 7.98. The lowest BCUT2D eigenvalue weighted by Gasteiger charge is -2.14. The van der Waals surface area contributed by atoms with Gasteiger partial charge in [0.15, 0.2) is 5.11 Å². The number of nitrogens with one attached hydrogen (secondary N) is 2. The SMILES string of the molecule is CCOC(=O)c1cccc(NC(=S)NCCSCc2c(F)cccc2Cl)c1C. The van der Waals surface area contributed by atoms with Gasteiger partial charge in [0.1, 0.15) is 5.82 Å². The number of thiocarbonyl (C=S) groups is 1. The van der Waals surface area contributed by atoms with Crippen molar-refractivity contribution in [1.82, 2.24) is 5.32 Å².